The Bertz CT molecular complexity index is 397. The van der Waals surface area contributed by atoms with Crippen LogP contribution >= 0.6 is 0 Å². The summed E-state index contributed by atoms with van der Waals surface area (Å²) in [5.41, 5.74) is 0.144. The molecular weight excluding hydrogens is 276 g/mol. The molecular formula is C14H24N2O5. The number of urea groups is 1. The summed E-state index contributed by atoms with van der Waals surface area (Å²) in [6, 6.07) is -1.12. The zero-order chi connectivity index (χ0) is 15.5. The molecule has 2 unspecified atom stereocenters. The second-order valence-electron chi connectivity index (χ2n) is 6.00. The molecule has 21 heavy (non-hydrogen) atoms. The number of carboxylic acid groups (broad SMARTS) is 1. The Morgan fingerprint density at radius 2 is 2.10 bits per heavy atom. The lowest BCUT2D eigenvalue weighted by molar-refractivity contribution is -0.141. The molecule has 120 valence electrons. The van der Waals surface area contributed by atoms with Crippen LogP contribution in [0.25, 0.3) is 0 Å². The van der Waals surface area contributed by atoms with Gasteiger partial charge in [0.2, 0.25) is 0 Å². The predicted molar refractivity (Wildman–Crippen MR) is 75.1 cm³/mol. The van der Waals surface area contributed by atoms with Gasteiger partial charge >= 0.3 is 12.0 Å². The number of carbonyl (C=O) groups is 2. The minimum absolute atomic E-state index is 0.144. The molecule has 0 bridgehead atoms. The van der Waals surface area contributed by atoms with Crippen molar-refractivity contribution in [3.8, 4) is 0 Å². The van der Waals surface area contributed by atoms with E-state index < -0.39 is 12.0 Å². The number of carbonyl (C=O) groups excluding carboxylic acids is 1. The van der Waals surface area contributed by atoms with Crippen molar-refractivity contribution in [2.24, 2.45) is 5.41 Å². The minimum Gasteiger partial charge on any atom is -0.480 e. The van der Waals surface area contributed by atoms with Crippen molar-refractivity contribution in [3.05, 3.63) is 0 Å². The number of likely N-dealkylation sites (tertiary alicyclic amines) is 1. The molecule has 0 radical (unpaired) electrons. The van der Waals surface area contributed by atoms with Gasteiger partial charge in [0.25, 0.3) is 0 Å². The number of ether oxygens (including phenoxy) is 2. The molecule has 0 spiro atoms. The highest BCUT2D eigenvalue weighted by molar-refractivity contribution is 5.83. The third kappa shape index (κ3) is 3.85. The first-order valence-electron chi connectivity index (χ1n) is 7.30. The van der Waals surface area contributed by atoms with Gasteiger partial charge in [-0.25, -0.2) is 9.59 Å². The Labute approximate surface area is 124 Å². The molecule has 1 heterocycles. The SMILES string of the molecule is COCCC1(CNC(=O)N2CC(OC)CC2C(=O)O)CC1. The van der Waals surface area contributed by atoms with Gasteiger partial charge in [0, 0.05) is 40.3 Å². The van der Waals surface area contributed by atoms with E-state index in [1.807, 2.05) is 0 Å². The average Bonchev–Trinajstić information content (AvgIpc) is 3.10. The number of rotatable bonds is 7. The Morgan fingerprint density at radius 3 is 2.62 bits per heavy atom. The normalized spacial score (nSPS) is 26.7. The summed E-state index contributed by atoms with van der Waals surface area (Å²) in [4.78, 5) is 24.8. The Kier molecular flexibility index (Phi) is 5.05. The molecule has 2 atom stereocenters. The van der Waals surface area contributed by atoms with E-state index in [2.05, 4.69) is 5.32 Å². The predicted octanol–water partition coefficient (Wildman–Crippen LogP) is 0.687. The van der Waals surface area contributed by atoms with Gasteiger partial charge in [0.1, 0.15) is 6.04 Å². The summed E-state index contributed by atoms with van der Waals surface area (Å²) in [5, 5.41) is 12.1. The van der Waals surface area contributed by atoms with Crippen molar-refractivity contribution in [2.45, 2.75) is 37.8 Å². The first-order chi connectivity index (χ1) is 10.0. The molecule has 2 fully saturated rings. The Morgan fingerprint density at radius 1 is 1.38 bits per heavy atom. The molecule has 1 aliphatic heterocycles. The van der Waals surface area contributed by atoms with Crippen LogP contribution in [0.5, 0.6) is 0 Å². The van der Waals surface area contributed by atoms with Crippen molar-refractivity contribution in [2.75, 3.05) is 33.9 Å². The summed E-state index contributed by atoms with van der Waals surface area (Å²) < 4.78 is 10.3. The van der Waals surface area contributed by atoms with Crippen LogP contribution in [0.1, 0.15) is 25.7 Å². The fourth-order valence-corrected chi connectivity index (χ4v) is 2.80. The summed E-state index contributed by atoms with van der Waals surface area (Å²) in [5.74, 6) is -0.981. The fourth-order valence-electron chi connectivity index (χ4n) is 2.80. The highest BCUT2D eigenvalue weighted by Crippen LogP contribution is 2.48. The van der Waals surface area contributed by atoms with Gasteiger partial charge in [-0.3, -0.25) is 0 Å². The molecule has 7 heteroatoms. The monoisotopic (exact) mass is 300 g/mol. The Balaban J connectivity index is 1.86. The molecule has 1 saturated heterocycles. The zero-order valence-corrected chi connectivity index (χ0v) is 12.6. The number of nitrogens with one attached hydrogen (secondary N) is 1. The lowest BCUT2D eigenvalue weighted by Crippen LogP contribution is -2.47. The number of amides is 2. The van der Waals surface area contributed by atoms with E-state index in [-0.39, 0.29) is 17.6 Å². The van der Waals surface area contributed by atoms with Gasteiger partial charge in [0.15, 0.2) is 0 Å². The van der Waals surface area contributed by atoms with E-state index in [0.717, 1.165) is 19.3 Å². The highest BCUT2D eigenvalue weighted by atomic mass is 16.5. The van der Waals surface area contributed by atoms with Gasteiger partial charge in [-0.2, -0.15) is 0 Å². The van der Waals surface area contributed by atoms with Crippen molar-refractivity contribution >= 4 is 12.0 Å². The van der Waals surface area contributed by atoms with Gasteiger partial charge in [-0.1, -0.05) is 0 Å². The maximum absolute atomic E-state index is 12.2. The number of methoxy groups -OCH3 is 2. The second kappa shape index (κ2) is 6.62. The number of carboxylic acids is 1. The van der Waals surface area contributed by atoms with Gasteiger partial charge in [-0.05, 0) is 24.7 Å². The molecule has 2 amide bonds. The van der Waals surface area contributed by atoms with Crippen molar-refractivity contribution in [3.63, 3.8) is 0 Å². The summed E-state index contributed by atoms with van der Waals surface area (Å²) in [6.45, 7) is 1.59. The van der Waals surface area contributed by atoms with Crippen LogP contribution in [-0.4, -0.2) is 68.1 Å². The number of hydrogen-bond acceptors (Lipinski definition) is 4. The van der Waals surface area contributed by atoms with E-state index in [1.54, 1.807) is 7.11 Å². The topological polar surface area (TPSA) is 88.1 Å². The van der Waals surface area contributed by atoms with Gasteiger partial charge < -0.3 is 24.8 Å². The molecule has 0 aromatic carbocycles. The van der Waals surface area contributed by atoms with E-state index >= 15 is 0 Å². The molecule has 2 N–H and O–H groups in total. The van der Waals surface area contributed by atoms with Crippen LogP contribution in [0.4, 0.5) is 4.79 Å². The third-order valence-electron chi connectivity index (χ3n) is 4.55. The van der Waals surface area contributed by atoms with E-state index in [1.165, 1.54) is 12.0 Å². The molecule has 0 aromatic heterocycles. The molecule has 0 aromatic rings. The van der Waals surface area contributed by atoms with Crippen LogP contribution in [0, 0.1) is 5.41 Å². The van der Waals surface area contributed by atoms with Gasteiger partial charge in [0.05, 0.1) is 6.10 Å². The third-order valence-corrected chi connectivity index (χ3v) is 4.55. The number of hydrogen-bond donors (Lipinski definition) is 2. The van der Waals surface area contributed by atoms with E-state index in [0.29, 0.717) is 26.1 Å². The standard InChI is InChI=1S/C14H24N2O5/c1-20-6-5-14(3-4-14)9-15-13(19)16-8-10(21-2)7-11(16)12(17)18/h10-11H,3-9H2,1-2H3,(H,15,19)(H,17,18). The first-order valence-corrected chi connectivity index (χ1v) is 7.30. The lowest BCUT2D eigenvalue weighted by Gasteiger charge is -2.23. The minimum atomic E-state index is -0.981. The molecule has 2 rings (SSSR count). The first kappa shape index (κ1) is 16.0. The fraction of sp³-hybridized carbons (Fsp3) is 0.857. The second-order valence-corrected chi connectivity index (χ2v) is 6.00. The summed E-state index contributed by atoms with van der Waals surface area (Å²) in [7, 11) is 3.20. The molecule has 7 nitrogen and oxygen atoms in total. The number of nitrogens with zero attached hydrogens (tertiary/aromatic N) is 1. The molecule has 1 aliphatic carbocycles. The Hall–Kier alpha value is -1.34. The quantitative estimate of drug-likeness (QED) is 0.722. The zero-order valence-electron chi connectivity index (χ0n) is 12.6. The van der Waals surface area contributed by atoms with Crippen LogP contribution < -0.4 is 5.32 Å². The summed E-state index contributed by atoms with van der Waals surface area (Å²) >= 11 is 0. The lowest BCUT2D eigenvalue weighted by atomic mass is 10.0. The van der Waals surface area contributed by atoms with Crippen LogP contribution in [0.15, 0.2) is 0 Å². The highest BCUT2D eigenvalue weighted by Gasteiger charge is 2.44. The molecule has 1 saturated carbocycles. The number of aliphatic carboxylic acids is 1. The largest absolute Gasteiger partial charge is 0.480 e. The maximum Gasteiger partial charge on any atom is 0.326 e. The van der Waals surface area contributed by atoms with Crippen LogP contribution in [-0.2, 0) is 14.3 Å². The van der Waals surface area contributed by atoms with Crippen LogP contribution in [0.2, 0.25) is 0 Å². The van der Waals surface area contributed by atoms with Gasteiger partial charge in [-0.15, -0.1) is 0 Å². The summed E-state index contributed by atoms with van der Waals surface area (Å²) in [6.07, 6.45) is 3.22. The van der Waals surface area contributed by atoms with E-state index in [9.17, 15) is 14.7 Å². The maximum atomic E-state index is 12.2. The average molecular weight is 300 g/mol. The van der Waals surface area contributed by atoms with Crippen molar-refractivity contribution < 1.29 is 24.2 Å². The van der Waals surface area contributed by atoms with Crippen LogP contribution in [0.3, 0.4) is 0 Å². The van der Waals surface area contributed by atoms with Crippen molar-refractivity contribution in [1.82, 2.24) is 10.2 Å². The van der Waals surface area contributed by atoms with Crippen molar-refractivity contribution in [1.29, 1.82) is 0 Å². The van der Waals surface area contributed by atoms with E-state index in [4.69, 9.17) is 9.47 Å². The molecule has 2 aliphatic rings. The smallest absolute Gasteiger partial charge is 0.326 e.